The van der Waals surface area contributed by atoms with Crippen molar-refractivity contribution >= 4 is 5.69 Å². The molecule has 0 aliphatic heterocycles. The van der Waals surface area contributed by atoms with Crippen LogP contribution in [0.5, 0.6) is 17.2 Å². The Kier molecular flexibility index (Phi) is 7.92. The quantitative estimate of drug-likeness (QED) is 0.624. The monoisotopic (exact) mass is 345 g/mol. The maximum atomic E-state index is 5.93. The van der Waals surface area contributed by atoms with E-state index in [0.717, 1.165) is 22.9 Å². The van der Waals surface area contributed by atoms with E-state index in [4.69, 9.17) is 18.9 Å². The molecule has 0 radical (unpaired) electrons. The summed E-state index contributed by atoms with van der Waals surface area (Å²) in [6.45, 7) is 6.55. The van der Waals surface area contributed by atoms with Crippen LogP contribution in [0.1, 0.15) is 13.8 Å². The number of hydrogen-bond donors (Lipinski definition) is 1. The fourth-order valence-corrected chi connectivity index (χ4v) is 2.27. The number of hydrogen-bond acceptors (Lipinski definition) is 5. The molecule has 0 saturated carbocycles. The Morgan fingerprint density at radius 2 is 1.68 bits per heavy atom. The summed E-state index contributed by atoms with van der Waals surface area (Å²) in [5.41, 5.74) is 1.02. The number of nitrogens with one attached hydrogen (secondary N) is 1. The van der Waals surface area contributed by atoms with E-state index in [1.54, 1.807) is 7.11 Å². The van der Waals surface area contributed by atoms with Crippen LogP contribution < -0.4 is 19.5 Å². The number of methoxy groups -OCH3 is 1. The van der Waals surface area contributed by atoms with E-state index in [2.05, 4.69) is 5.32 Å². The van der Waals surface area contributed by atoms with Gasteiger partial charge in [0.25, 0.3) is 0 Å². The van der Waals surface area contributed by atoms with Gasteiger partial charge in [-0.05, 0) is 50.2 Å². The number of rotatable bonds is 11. The topological polar surface area (TPSA) is 49.0 Å². The summed E-state index contributed by atoms with van der Waals surface area (Å²) in [4.78, 5) is 0. The fourth-order valence-electron chi connectivity index (χ4n) is 2.27. The molecular weight excluding hydrogens is 318 g/mol. The molecule has 2 aromatic rings. The lowest BCUT2D eigenvalue weighted by Crippen LogP contribution is -2.22. The molecule has 1 atom stereocenters. The first-order valence-corrected chi connectivity index (χ1v) is 8.57. The number of para-hydroxylation sites is 2. The zero-order valence-electron chi connectivity index (χ0n) is 15.2. The first-order chi connectivity index (χ1) is 12.2. The van der Waals surface area contributed by atoms with Crippen molar-refractivity contribution in [2.45, 2.75) is 20.0 Å². The molecule has 0 spiro atoms. The van der Waals surface area contributed by atoms with Crippen molar-refractivity contribution in [1.29, 1.82) is 0 Å². The molecule has 0 aromatic heterocycles. The average Bonchev–Trinajstić information content (AvgIpc) is 2.65. The molecule has 0 saturated heterocycles. The van der Waals surface area contributed by atoms with Crippen LogP contribution in [0.15, 0.2) is 48.5 Å². The first-order valence-electron chi connectivity index (χ1n) is 8.57. The van der Waals surface area contributed by atoms with Gasteiger partial charge in [0.15, 0.2) is 11.5 Å². The van der Waals surface area contributed by atoms with E-state index in [0.29, 0.717) is 26.4 Å². The van der Waals surface area contributed by atoms with Crippen molar-refractivity contribution in [2.75, 3.05) is 38.8 Å². The largest absolute Gasteiger partial charge is 0.493 e. The number of anilines is 1. The van der Waals surface area contributed by atoms with Crippen molar-refractivity contribution in [1.82, 2.24) is 0 Å². The maximum Gasteiger partial charge on any atom is 0.161 e. The Labute approximate surface area is 149 Å². The van der Waals surface area contributed by atoms with E-state index in [-0.39, 0.29) is 6.10 Å². The molecule has 25 heavy (non-hydrogen) atoms. The molecule has 136 valence electrons. The summed E-state index contributed by atoms with van der Waals surface area (Å²) in [5, 5.41) is 3.36. The highest BCUT2D eigenvalue weighted by Gasteiger charge is 2.08. The summed E-state index contributed by atoms with van der Waals surface area (Å²) in [6, 6.07) is 15.5. The Morgan fingerprint density at radius 3 is 2.36 bits per heavy atom. The summed E-state index contributed by atoms with van der Waals surface area (Å²) >= 11 is 0. The molecule has 0 heterocycles. The highest BCUT2D eigenvalue weighted by Crippen LogP contribution is 2.26. The molecule has 0 fully saturated rings. The second kappa shape index (κ2) is 10.5. The standard InChI is InChI=1S/C20H27NO4/c1-4-23-13-14-24-18-11-9-17(10-12-18)21-15-16(2)25-20-8-6-5-7-19(20)22-3/h5-12,16,21H,4,13-15H2,1-3H3. The van der Waals surface area contributed by atoms with Gasteiger partial charge in [0.2, 0.25) is 0 Å². The minimum absolute atomic E-state index is 0.00146. The van der Waals surface area contributed by atoms with Gasteiger partial charge in [-0.25, -0.2) is 0 Å². The van der Waals surface area contributed by atoms with Gasteiger partial charge in [0.1, 0.15) is 18.5 Å². The van der Waals surface area contributed by atoms with Crippen molar-refractivity contribution in [2.24, 2.45) is 0 Å². The summed E-state index contributed by atoms with van der Waals surface area (Å²) in [7, 11) is 1.64. The van der Waals surface area contributed by atoms with Crippen LogP contribution in [-0.2, 0) is 4.74 Å². The van der Waals surface area contributed by atoms with Gasteiger partial charge in [0, 0.05) is 12.3 Å². The lowest BCUT2D eigenvalue weighted by molar-refractivity contribution is 0.110. The molecule has 5 nitrogen and oxygen atoms in total. The van der Waals surface area contributed by atoms with Crippen molar-refractivity contribution in [3.05, 3.63) is 48.5 Å². The zero-order valence-corrected chi connectivity index (χ0v) is 15.2. The Hall–Kier alpha value is -2.40. The van der Waals surface area contributed by atoms with Crippen LogP contribution in [0.2, 0.25) is 0 Å². The molecule has 2 rings (SSSR count). The molecule has 2 aromatic carbocycles. The van der Waals surface area contributed by atoms with E-state index >= 15 is 0 Å². The van der Waals surface area contributed by atoms with Crippen LogP contribution in [0.25, 0.3) is 0 Å². The van der Waals surface area contributed by atoms with E-state index in [1.807, 2.05) is 62.4 Å². The van der Waals surface area contributed by atoms with Gasteiger partial charge >= 0.3 is 0 Å². The fraction of sp³-hybridized carbons (Fsp3) is 0.400. The van der Waals surface area contributed by atoms with Crippen LogP contribution in [0, 0.1) is 0 Å². The molecule has 0 aliphatic carbocycles. The average molecular weight is 345 g/mol. The minimum Gasteiger partial charge on any atom is -0.493 e. The lowest BCUT2D eigenvalue weighted by atomic mass is 10.3. The SMILES string of the molecule is CCOCCOc1ccc(NCC(C)Oc2ccccc2OC)cc1. The molecule has 0 amide bonds. The van der Waals surface area contributed by atoms with E-state index < -0.39 is 0 Å². The Balaban J connectivity index is 1.76. The minimum atomic E-state index is -0.00146. The molecular formula is C20H27NO4. The van der Waals surface area contributed by atoms with Gasteiger partial charge in [-0.3, -0.25) is 0 Å². The second-order valence-electron chi connectivity index (χ2n) is 5.53. The van der Waals surface area contributed by atoms with E-state index in [1.165, 1.54) is 0 Å². The van der Waals surface area contributed by atoms with Gasteiger partial charge in [-0.1, -0.05) is 12.1 Å². The molecule has 0 aliphatic rings. The van der Waals surface area contributed by atoms with Crippen LogP contribution in [0.3, 0.4) is 0 Å². The molecule has 0 bridgehead atoms. The third-order valence-corrected chi connectivity index (χ3v) is 3.55. The Bertz CT molecular complexity index is 615. The predicted molar refractivity (Wildman–Crippen MR) is 100 cm³/mol. The maximum absolute atomic E-state index is 5.93. The van der Waals surface area contributed by atoms with Gasteiger partial charge in [-0.15, -0.1) is 0 Å². The Morgan fingerprint density at radius 1 is 0.960 bits per heavy atom. The van der Waals surface area contributed by atoms with Crippen LogP contribution in [-0.4, -0.2) is 39.6 Å². The summed E-state index contributed by atoms with van der Waals surface area (Å²) < 4.78 is 22.1. The van der Waals surface area contributed by atoms with Crippen molar-refractivity contribution in [3.63, 3.8) is 0 Å². The summed E-state index contributed by atoms with van der Waals surface area (Å²) in [5.74, 6) is 2.32. The van der Waals surface area contributed by atoms with Gasteiger partial charge in [0.05, 0.1) is 20.3 Å². The smallest absolute Gasteiger partial charge is 0.161 e. The molecule has 1 N–H and O–H groups in total. The number of ether oxygens (including phenoxy) is 4. The van der Waals surface area contributed by atoms with Crippen LogP contribution >= 0.6 is 0 Å². The van der Waals surface area contributed by atoms with Gasteiger partial charge in [-0.2, -0.15) is 0 Å². The van der Waals surface area contributed by atoms with Crippen LogP contribution in [0.4, 0.5) is 5.69 Å². The van der Waals surface area contributed by atoms with E-state index in [9.17, 15) is 0 Å². The second-order valence-corrected chi connectivity index (χ2v) is 5.53. The summed E-state index contributed by atoms with van der Waals surface area (Å²) in [6.07, 6.45) is -0.00146. The predicted octanol–water partition coefficient (Wildman–Crippen LogP) is 3.99. The highest BCUT2D eigenvalue weighted by atomic mass is 16.5. The third kappa shape index (κ3) is 6.55. The van der Waals surface area contributed by atoms with Gasteiger partial charge < -0.3 is 24.3 Å². The third-order valence-electron chi connectivity index (χ3n) is 3.55. The molecule has 5 heteroatoms. The number of benzene rings is 2. The zero-order chi connectivity index (χ0) is 17.9. The first kappa shape index (κ1) is 18.9. The van der Waals surface area contributed by atoms with Crippen molar-refractivity contribution in [3.8, 4) is 17.2 Å². The van der Waals surface area contributed by atoms with Crippen molar-refractivity contribution < 1.29 is 18.9 Å². The molecule has 1 unspecified atom stereocenters. The highest BCUT2D eigenvalue weighted by molar-refractivity contribution is 5.46. The normalized spacial score (nSPS) is 11.6. The lowest BCUT2D eigenvalue weighted by Gasteiger charge is -2.18.